The molecule has 1 aliphatic rings. The largest absolute Gasteiger partial charge is 0.347 e. The molecule has 2 aromatic rings. The maximum absolute atomic E-state index is 11.7. The van der Waals surface area contributed by atoms with Crippen molar-refractivity contribution in [1.82, 2.24) is 30.2 Å². The van der Waals surface area contributed by atoms with Gasteiger partial charge >= 0.3 is 0 Å². The Morgan fingerprint density at radius 3 is 2.68 bits per heavy atom. The first-order valence-electron chi connectivity index (χ1n) is 8.39. The van der Waals surface area contributed by atoms with Gasteiger partial charge in [0.25, 0.3) is 5.91 Å². The molecule has 1 unspecified atom stereocenters. The molecule has 2 amide bonds. The molecule has 1 saturated heterocycles. The van der Waals surface area contributed by atoms with Crippen LogP contribution in [0.3, 0.4) is 0 Å². The highest BCUT2D eigenvalue weighted by Gasteiger charge is 2.23. The van der Waals surface area contributed by atoms with Crippen LogP contribution in [0, 0.1) is 6.92 Å². The van der Waals surface area contributed by atoms with Crippen molar-refractivity contribution in [3.05, 3.63) is 35.4 Å². The predicted octanol–water partition coefficient (Wildman–Crippen LogP) is 1.22. The molecule has 0 bridgehead atoms. The molecule has 0 aromatic carbocycles. The van der Waals surface area contributed by atoms with E-state index in [2.05, 4.69) is 40.5 Å². The third-order valence-corrected chi connectivity index (χ3v) is 3.99. The SMILES string of the molecule is Cc1cc(C(C)C)n[nH]1.Cn1cc(C(=O)NC2CCN(C=O)C2)cn1. The summed E-state index contributed by atoms with van der Waals surface area (Å²) < 4.78 is 1.58. The van der Waals surface area contributed by atoms with Crippen molar-refractivity contribution in [3.63, 3.8) is 0 Å². The fourth-order valence-electron chi connectivity index (χ4n) is 2.54. The first-order valence-corrected chi connectivity index (χ1v) is 8.39. The fourth-order valence-corrected chi connectivity index (χ4v) is 2.54. The molecule has 1 aliphatic heterocycles. The van der Waals surface area contributed by atoms with E-state index < -0.39 is 0 Å². The standard InChI is InChI=1S/C10H14N4O2.C7H12N2/c1-13-5-8(4-11-13)10(16)12-9-2-3-14(6-9)7-15;1-5(2)7-4-6(3)8-9-7/h4-5,7,9H,2-3,6H2,1H3,(H,12,16);4-5H,1-3H3,(H,8,9). The lowest BCUT2D eigenvalue weighted by Crippen LogP contribution is -2.36. The Kier molecular flexibility index (Phi) is 6.32. The van der Waals surface area contributed by atoms with E-state index in [1.807, 2.05) is 6.92 Å². The van der Waals surface area contributed by atoms with Gasteiger partial charge in [-0.05, 0) is 25.3 Å². The van der Waals surface area contributed by atoms with Gasteiger partial charge in [-0.1, -0.05) is 13.8 Å². The number of nitrogens with zero attached hydrogens (tertiary/aromatic N) is 4. The maximum atomic E-state index is 11.7. The minimum absolute atomic E-state index is 0.0536. The summed E-state index contributed by atoms with van der Waals surface area (Å²) in [6.07, 6.45) is 4.82. The van der Waals surface area contributed by atoms with Crippen molar-refractivity contribution in [1.29, 1.82) is 0 Å². The lowest BCUT2D eigenvalue weighted by molar-refractivity contribution is -0.117. The summed E-state index contributed by atoms with van der Waals surface area (Å²) in [5.74, 6) is 0.404. The Balaban J connectivity index is 0.000000212. The summed E-state index contributed by atoms with van der Waals surface area (Å²) >= 11 is 0. The summed E-state index contributed by atoms with van der Waals surface area (Å²) in [6, 6.07) is 2.13. The molecule has 3 heterocycles. The summed E-state index contributed by atoms with van der Waals surface area (Å²) in [4.78, 5) is 23.9. The Hall–Kier alpha value is -2.64. The summed E-state index contributed by atoms with van der Waals surface area (Å²) in [6.45, 7) is 7.58. The number of likely N-dealkylation sites (tertiary alicyclic amines) is 1. The van der Waals surface area contributed by atoms with Crippen molar-refractivity contribution in [2.45, 2.75) is 39.2 Å². The fraction of sp³-hybridized carbons (Fsp3) is 0.529. The average molecular weight is 346 g/mol. The van der Waals surface area contributed by atoms with Crippen molar-refractivity contribution >= 4 is 12.3 Å². The zero-order valence-corrected chi connectivity index (χ0v) is 15.2. The number of amides is 2. The molecular formula is C17H26N6O2. The number of carbonyl (C=O) groups is 2. The Morgan fingerprint density at radius 1 is 1.48 bits per heavy atom. The molecule has 1 fully saturated rings. The van der Waals surface area contributed by atoms with Gasteiger partial charge in [0.05, 0.1) is 17.5 Å². The van der Waals surface area contributed by atoms with E-state index >= 15 is 0 Å². The summed E-state index contributed by atoms with van der Waals surface area (Å²) in [5.41, 5.74) is 2.83. The van der Waals surface area contributed by atoms with Crippen molar-refractivity contribution in [3.8, 4) is 0 Å². The van der Waals surface area contributed by atoms with Crippen LogP contribution in [0.1, 0.15) is 47.9 Å². The first kappa shape index (κ1) is 18.7. The Morgan fingerprint density at radius 2 is 2.24 bits per heavy atom. The molecule has 2 aromatic heterocycles. The van der Waals surface area contributed by atoms with Crippen molar-refractivity contribution in [2.75, 3.05) is 13.1 Å². The van der Waals surface area contributed by atoms with Gasteiger partial charge in [0.15, 0.2) is 0 Å². The topological polar surface area (TPSA) is 95.9 Å². The number of aromatic amines is 1. The Labute approximate surface area is 147 Å². The van der Waals surface area contributed by atoms with E-state index in [-0.39, 0.29) is 11.9 Å². The van der Waals surface area contributed by atoms with E-state index in [0.29, 0.717) is 24.6 Å². The van der Waals surface area contributed by atoms with Gasteiger partial charge in [0.2, 0.25) is 6.41 Å². The third-order valence-electron chi connectivity index (χ3n) is 3.99. The number of aryl methyl sites for hydroxylation is 2. The molecule has 2 N–H and O–H groups in total. The number of aromatic nitrogens is 4. The third kappa shape index (κ3) is 5.44. The zero-order valence-electron chi connectivity index (χ0n) is 15.2. The van der Waals surface area contributed by atoms with Crippen LogP contribution in [0.4, 0.5) is 0 Å². The quantitative estimate of drug-likeness (QED) is 0.814. The second-order valence-corrected chi connectivity index (χ2v) is 6.59. The normalized spacial score (nSPS) is 16.5. The van der Waals surface area contributed by atoms with E-state index in [9.17, 15) is 9.59 Å². The maximum Gasteiger partial charge on any atom is 0.254 e. The molecule has 8 nitrogen and oxygen atoms in total. The Bertz CT molecular complexity index is 706. The number of H-pyrrole nitrogens is 1. The number of hydrogen-bond acceptors (Lipinski definition) is 4. The lowest BCUT2D eigenvalue weighted by atomic mass is 10.1. The van der Waals surface area contributed by atoms with Crippen LogP contribution < -0.4 is 5.32 Å². The number of carbonyl (C=O) groups excluding carboxylic acids is 2. The van der Waals surface area contributed by atoms with Crippen LogP contribution in [0.25, 0.3) is 0 Å². The van der Waals surface area contributed by atoms with Gasteiger partial charge < -0.3 is 10.2 Å². The van der Waals surface area contributed by atoms with Crippen LogP contribution in [-0.4, -0.2) is 56.3 Å². The van der Waals surface area contributed by atoms with E-state index in [1.165, 1.54) is 6.20 Å². The van der Waals surface area contributed by atoms with E-state index in [0.717, 1.165) is 24.2 Å². The second kappa shape index (κ2) is 8.46. The molecule has 0 aliphatic carbocycles. The molecule has 25 heavy (non-hydrogen) atoms. The van der Waals surface area contributed by atoms with Gasteiger partial charge in [-0.2, -0.15) is 10.2 Å². The van der Waals surface area contributed by atoms with Gasteiger partial charge in [0.1, 0.15) is 0 Å². The first-order chi connectivity index (χ1) is 11.9. The molecule has 0 radical (unpaired) electrons. The number of hydrogen-bond donors (Lipinski definition) is 2. The molecular weight excluding hydrogens is 320 g/mol. The van der Waals surface area contributed by atoms with Crippen LogP contribution in [-0.2, 0) is 11.8 Å². The second-order valence-electron chi connectivity index (χ2n) is 6.59. The van der Waals surface area contributed by atoms with Gasteiger partial charge in [-0.3, -0.25) is 19.4 Å². The van der Waals surface area contributed by atoms with Crippen LogP contribution in [0.5, 0.6) is 0 Å². The summed E-state index contributed by atoms with van der Waals surface area (Å²) in [5, 5.41) is 13.8. The monoisotopic (exact) mass is 346 g/mol. The highest BCUT2D eigenvalue weighted by atomic mass is 16.2. The smallest absolute Gasteiger partial charge is 0.254 e. The molecule has 136 valence electrons. The lowest BCUT2D eigenvalue weighted by Gasteiger charge is -2.11. The molecule has 0 saturated carbocycles. The predicted molar refractivity (Wildman–Crippen MR) is 94.1 cm³/mol. The zero-order chi connectivity index (χ0) is 18.4. The minimum Gasteiger partial charge on any atom is -0.347 e. The molecule has 8 heteroatoms. The highest BCUT2D eigenvalue weighted by molar-refractivity contribution is 5.93. The van der Waals surface area contributed by atoms with Crippen LogP contribution in [0.2, 0.25) is 0 Å². The van der Waals surface area contributed by atoms with E-state index in [1.54, 1.807) is 22.8 Å². The van der Waals surface area contributed by atoms with Gasteiger partial charge in [0, 0.05) is 38.1 Å². The number of rotatable bonds is 4. The molecule has 1 atom stereocenters. The van der Waals surface area contributed by atoms with Gasteiger partial charge in [-0.15, -0.1) is 0 Å². The van der Waals surface area contributed by atoms with Crippen molar-refractivity contribution < 1.29 is 9.59 Å². The molecule has 0 spiro atoms. The number of nitrogens with one attached hydrogen (secondary N) is 2. The van der Waals surface area contributed by atoms with Gasteiger partial charge in [-0.25, -0.2) is 0 Å². The molecule has 3 rings (SSSR count). The van der Waals surface area contributed by atoms with E-state index in [4.69, 9.17) is 0 Å². The minimum atomic E-state index is -0.133. The van der Waals surface area contributed by atoms with Crippen LogP contribution >= 0.6 is 0 Å². The average Bonchev–Trinajstić information content (AvgIpc) is 3.29. The van der Waals surface area contributed by atoms with Crippen LogP contribution in [0.15, 0.2) is 18.5 Å². The highest BCUT2D eigenvalue weighted by Crippen LogP contribution is 2.10. The summed E-state index contributed by atoms with van der Waals surface area (Å²) in [7, 11) is 1.76. The van der Waals surface area contributed by atoms with Crippen molar-refractivity contribution in [2.24, 2.45) is 7.05 Å².